The summed E-state index contributed by atoms with van der Waals surface area (Å²) in [6.45, 7) is 8.57. The summed E-state index contributed by atoms with van der Waals surface area (Å²) in [7, 11) is 0. The Hall–Kier alpha value is -7.20. The molecule has 2 aromatic heterocycles. The average Bonchev–Trinajstić information content (AvgIpc) is 3.89. The van der Waals surface area contributed by atoms with E-state index in [4.69, 9.17) is 11.1 Å². The first-order valence-corrected chi connectivity index (χ1v) is 21.1. The van der Waals surface area contributed by atoms with E-state index in [0.29, 0.717) is 28.1 Å². The van der Waals surface area contributed by atoms with E-state index < -0.39 is 0 Å². The van der Waals surface area contributed by atoms with E-state index >= 15 is 0 Å². The molecule has 0 N–H and O–H groups in total. The monoisotopic (exact) mass is 1010 g/mol. The van der Waals surface area contributed by atoms with Gasteiger partial charge in [0.1, 0.15) is 5.82 Å². The zero-order valence-electron chi connectivity index (χ0n) is 38.4. The number of ether oxygens (including phenoxy) is 1. The van der Waals surface area contributed by atoms with Crippen molar-refractivity contribution < 1.29 is 29.9 Å². The van der Waals surface area contributed by atoms with Crippen molar-refractivity contribution in [1.29, 1.82) is 0 Å². The van der Waals surface area contributed by atoms with Crippen LogP contribution in [0.25, 0.3) is 61.0 Å². The minimum absolute atomic E-state index is 0. The Balaban J connectivity index is 0.00000525. The first-order valence-electron chi connectivity index (χ1n) is 22.6. The summed E-state index contributed by atoms with van der Waals surface area (Å²) in [5.74, 6) is 1.12. The topological polar surface area (TPSA) is 33.5 Å². The van der Waals surface area contributed by atoms with Crippen LogP contribution in [-0.2, 0) is 26.5 Å². The summed E-state index contributed by atoms with van der Waals surface area (Å²) < 4.78 is 36.0. The van der Waals surface area contributed by atoms with Gasteiger partial charge in [0.05, 0.1) is 4.11 Å². The standard InChI is InChI=1S/C58H43N4O.Pt/c1-58(2,3)44-31-28-40(29-32-44)43-30-35-56(59-38-43)62-52-25-11-10-22-50(52)51-34-33-47(37-55(51)62)63-46-21-14-20-45(36-46)60-39-61(54-27-13-12-26-53(54)60)57-48(41-16-6-4-7-17-41)23-15-24-49(57)42-18-8-5-9-19-42;/h4-35,38-39H,1-3H3;/q-3;/i30D,35D,38D;. The van der Waals surface area contributed by atoms with Gasteiger partial charge in [-0.3, -0.25) is 0 Å². The fourth-order valence-electron chi connectivity index (χ4n) is 8.56. The molecule has 0 aliphatic carbocycles. The molecule has 11 rings (SSSR count). The third-order valence-electron chi connectivity index (χ3n) is 11.7. The van der Waals surface area contributed by atoms with Gasteiger partial charge in [-0.25, -0.2) is 4.98 Å². The number of para-hydroxylation sites is 4. The Morgan fingerprint density at radius 1 is 0.547 bits per heavy atom. The summed E-state index contributed by atoms with van der Waals surface area (Å²) >= 11 is 0. The molecule has 0 unspecified atom stereocenters. The van der Waals surface area contributed by atoms with Gasteiger partial charge in [-0.05, 0) is 63.3 Å². The molecule has 1 aliphatic rings. The normalized spacial score (nSPS) is 13.0. The van der Waals surface area contributed by atoms with Crippen molar-refractivity contribution in [3.05, 3.63) is 225 Å². The molecule has 3 heterocycles. The summed E-state index contributed by atoms with van der Waals surface area (Å²) in [4.78, 5) is 9.14. The number of anilines is 4. The van der Waals surface area contributed by atoms with Gasteiger partial charge in [-0.1, -0.05) is 160 Å². The van der Waals surface area contributed by atoms with Crippen LogP contribution in [0.1, 0.15) is 30.4 Å². The maximum Gasteiger partial charge on any atom is 0.135 e. The van der Waals surface area contributed by atoms with Crippen molar-refractivity contribution in [2.75, 3.05) is 9.80 Å². The van der Waals surface area contributed by atoms with E-state index in [9.17, 15) is 2.74 Å². The third-order valence-corrected chi connectivity index (χ3v) is 11.7. The maximum absolute atomic E-state index is 9.31. The largest absolute Gasteiger partial charge is 0.509 e. The Morgan fingerprint density at radius 3 is 1.88 bits per heavy atom. The number of hydrogen-bond donors (Lipinski definition) is 0. The van der Waals surface area contributed by atoms with Crippen molar-refractivity contribution in [2.24, 2.45) is 0 Å². The zero-order valence-corrected chi connectivity index (χ0v) is 37.7. The second-order valence-electron chi connectivity index (χ2n) is 16.7. The van der Waals surface area contributed by atoms with Gasteiger partial charge in [-0.15, -0.1) is 48.1 Å². The average molecular weight is 1010 g/mol. The van der Waals surface area contributed by atoms with Gasteiger partial charge >= 0.3 is 0 Å². The number of aromatic nitrogens is 2. The van der Waals surface area contributed by atoms with E-state index in [2.05, 4.69) is 140 Å². The van der Waals surface area contributed by atoms with Crippen LogP contribution in [0.4, 0.5) is 22.7 Å². The minimum Gasteiger partial charge on any atom is -0.509 e. The van der Waals surface area contributed by atoms with Gasteiger partial charge in [-0.2, -0.15) is 12.1 Å². The molecule has 0 saturated heterocycles. The first kappa shape index (κ1) is 37.4. The molecule has 0 saturated carbocycles. The van der Waals surface area contributed by atoms with Crippen molar-refractivity contribution in [3.8, 4) is 50.7 Å². The molecule has 0 spiro atoms. The van der Waals surface area contributed by atoms with Crippen LogP contribution >= 0.6 is 0 Å². The van der Waals surface area contributed by atoms with Crippen LogP contribution in [0.15, 0.2) is 200 Å². The predicted octanol–water partition coefficient (Wildman–Crippen LogP) is 15.3. The molecule has 0 fully saturated rings. The molecule has 0 atom stereocenters. The van der Waals surface area contributed by atoms with Gasteiger partial charge in [0, 0.05) is 78.0 Å². The molecule has 0 bridgehead atoms. The second kappa shape index (κ2) is 16.8. The summed E-state index contributed by atoms with van der Waals surface area (Å²) in [6, 6.07) is 68.3. The van der Waals surface area contributed by atoms with Gasteiger partial charge in [0.25, 0.3) is 0 Å². The van der Waals surface area contributed by atoms with Crippen LogP contribution in [0.5, 0.6) is 11.5 Å². The van der Waals surface area contributed by atoms with Crippen molar-refractivity contribution in [2.45, 2.75) is 26.2 Å². The zero-order chi connectivity index (χ0) is 45.1. The molecular formula is C58H43N4OPt-3. The van der Waals surface area contributed by atoms with Gasteiger partial charge in [0.15, 0.2) is 0 Å². The molecular weight excluding hydrogens is 964 g/mol. The van der Waals surface area contributed by atoms with Crippen LogP contribution < -0.4 is 14.5 Å². The molecule has 314 valence electrons. The van der Waals surface area contributed by atoms with Crippen LogP contribution in [0.3, 0.4) is 0 Å². The summed E-state index contributed by atoms with van der Waals surface area (Å²) in [5.41, 5.74) is 11.9. The van der Waals surface area contributed by atoms with Crippen LogP contribution in [0, 0.1) is 18.8 Å². The first-order chi connectivity index (χ1) is 32.1. The fraction of sp³-hybridized carbons (Fsp3) is 0.0690. The Morgan fingerprint density at radius 2 is 1.17 bits per heavy atom. The van der Waals surface area contributed by atoms with Crippen molar-refractivity contribution in [1.82, 2.24) is 9.55 Å². The number of hydrogen-bond acceptors (Lipinski definition) is 4. The predicted molar refractivity (Wildman–Crippen MR) is 259 cm³/mol. The van der Waals surface area contributed by atoms with Crippen LogP contribution in [0.2, 0.25) is 0 Å². The quantitative estimate of drug-likeness (QED) is 0.142. The molecule has 1 aliphatic heterocycles. The number of rotatable bonds is 8. The van der Waals surface area contributed by atoms with Crippen molar-refractivity contribution in [3.63, 3.8) is 0 Å². The summed E-state index contributed by atoms with van der Waals surface area (Å²) in [6.07, 6.45) is -0.0713. The van der Waals surface area contributed by atoms with E-state index in [-0.39, 0.29) is 50.6 Å². The van der Waals surface area contributed by atoms with E-state index in [1.807, 2.05) is 95.6 Å². The third kappa shape index (κ3) is 7.46. The Bertz CT molecular complexity index is 3400. The molecule has 0 radical (unpaired) electrons. The molecule has 10 aromatic rings. The van der Waals surface area contributed by atoms with E-state index in [1.165, 1.54) is 0 Å². The van der Waals surface area contributed by atoms with Gasteiger partial charge < -0.3 is 19.1 Å². The Kier molecular flexibility index (Phi) is 9.82. The fourth-order valence-corrected chi connectivity index (χ4v) is 8.56. The summed E-state index contributed by atoms with van der Waals surface area (Å²) in [5, 5.41) is 1.81. The smallest absolute Gasteiger partial charge is 0.135 e. The second-order valence-corrected chi connectivity index (χ2v) is 16.7. The Labute approximate surface area is 393 Å². The van der Waals surface area contributed by atoms with Crippen LogP contribution in [-0.4, -0.2) is 9.55 Å². The molecule has 8 aromatic carbocycles. The molecule has 5 nitrogen and oxygen atoms in total. The van der Waals surface area contributed by atoms with E-state index in [0.717, 1.165) is 66.9 Å². The minimum atomic E-state index is -0.0808. The molecule has 0 amide bonds. The number of fused-ring (bicyclic) bond motifs is 4. The SMILES string of the molecule is [2H]c1nc(-n2c3[c-]c(Oc4[c-]c(N5[CH-]N(c6c(-c7ccccc7)cccc6-c6ccccc6)c6ccccc65)ccc4)ccc3c3ccccc32)c([2H])c([2H])c1-c1ccc(C(C)(C)C)cc1.[Pt]. The van der Waals surface area contributed by atoms with Gasteiger partial charge in [0.2, 0.25) is 0 Å². The maximum atomic E-state index is 9.31. The number of pyridine rings is 1. The van der Waals surface area contributed by atoms with E-state index in [1.54, 1.807) is 0 Å². The van der Waals surface area contributed by atoms with Crippen molar-refractivity contribution >= 4 is 44.6 Å². The number of benzene rings is 8. The molecule has 64 heavy (non-hydrogen) atoms. The molecule has 6 heteroatoms. The number of nitrogens with zero attached hydrogens (tertiary/aromatic N) is 4.